The van der Waals surface area contributed by atoms with Gasteiger partial charge in [0.2, 0.25) is 5.91 Å². The quantitative estimate of drug-likeness (QED) is 0.575. The maximum atomic E-state index is 11.6. The molecule has 4 N–H and O–H groups in total. The summed E-state index contributed by atoms with van der Waals surface area (Å²) in [5, 5.41) is 16.5. The number of amides is 3. The van der Waals surface area contributed by atoms with Gasteiger partial charge in [0, 0.05) is 20.0 Å². The zero-order valence-corrected chi connectivity index (χ0v) is 11.7. The largest absolute Gasteiger partial charge is 0.497 e. The van der Waals surface area contributed by atoms with E-state index >= 15 is 0 Å². The van der Waals surface area contributed by atoms with E-state index in [1.54, 1.807) is 6.07 Å². The Morgan fingerprint density at radius 2 is 1.86 bits per heavy atom. The lowest BCUT2D eigenvalue weighted by Crippen LogP contribution is -2.36. The van der Waals surface area contributed by atoms with Crippen LogP contribution < -0.4 is 20.7 Å². The topological polar surface area (TPSA) is 117 Å². The second kappa shape index (κ2) is 7.73. The monoisotopic (exact) mass is 295 g/mol. The summed E-state index contributed by atoms with van der Waals surface area (Å²) in [6, 6.07) is 3.73. The summed E-state index contributed by atoms with van der Waals surface area (Å²) in [5.41, 5.74) is 0.0756. The van der Waals surface area contributed by atoms with Crippen molar-refractivity contribution in [1.29, 1.82) is 0 Å². The van der Waals surface area contributed by atoms with Crippen LogP contribution in [0.2, 0.25) is 0 Å². The van der Waals surface area contributed by atoms with Crippen LogP contribution in [0.5, 0.6) is 5.75 Å². The summed E-state index contributed by atoms with van der Waals surface area (Å²) in [7, 11) is 1.42. The van der Waals surface area contributed by atoms with E-state index in [9.17, 15) is 14.4 Å². The van der Waals surface area contributed by atoms with Crippen molar-refractivity contribution in [2.45, 2.75) is 6.92 Å². The molecule has 0 spiro atoms. The molecule has 0 aliphatic carbocycles. The fourth-order valence-electron chi connectivity index (χ4n) is 1.52. The lowest BCUT2D eigenvalue weighted by molar-refractivity contribution is -0.118. The van der Waals surface area contributed by atoms with Crippen LogP contribution in [0.1, 0.15) is 17.3 Å². The third-order valence-electron chi connectivity index (χ3n) is 2.49. The molecule has 0 aliphatic rings. The number of carbonyl (C=O) groups excluding carboxylic acids is 2. The summed E-state index contributed by atoms with van der Waals surface area (Å²) in [5.74, 6) is -0.994. The van der Waals surface area contributed by atoms with Gasteiger partial charge < -0.3 is 25.8 Å². The second-order valence-electron chi connectivity index (χ2n) is 4.08. The highest BCUT2D eigenvalue weighted by atomic mass is 16.5. The van der Waals surface area contributed by atoms with Gasteiger partial charge in [-0.25, -0.2) is 9.59 Å². The van der Waals surface area contributed by atoms with Crippen LogP contribution in [0.25, 0.3) is 0 Å². The van der Waals surface area contributed by atoms with Gasteiger partial charge in [-0.1, -0.05) is 0 Å². The predicted molar refractivity (Wildman–Crippen MR) is 75.7 cm³/mol. The highest BCUT2D eigenvalue weighted by molar-refractivity contribution is 6.00. The molecule has 0 saturated heterocycles. The number of anilines is 1. The molecule has 1 aromatic rings. The average molecular weight is 295 g/mol. The molecule has 0 radical (unpaired) electrons. The van der Waals surface area contributed by atoms with Gasteiger partial charge in [0.15, 0.2) is 0 Å². The molecule has 0 aromatic heterocycles. The first-order valence-corrected chi connectivity index (χ1v) is 6.14. The summed E-state index contributed by atoms with van der Waals surface area (Å²) < 4.78 is 4.93. The summed E-state index contributed by atoms with van der Waals surface area (Å²) in [4.78, 5) is 33.4. The van der Waals surface area contributed by atoms with Crippen LogP contribution in [-0.2, 0) is 4.79 Å². The van der Waals surface area contributed by atoms with E-state index in [0.29, 0.717) is 5.75 Å². The summed E-state index contributed by atoms with van der Waals surface area (Å²) in [6.07, 6.45) is 0. The number of hydrogen-bond donors (Lipinski definition) is 4. The fourth-order valence-corrected chi connectivity index (χ4v) is 1.52. The van der Waals surface area contributed by atoms with Crippen molar-refractivity contribution >= 4 is 23.6 Å². The molecular weight excluding hydrogens is 278 g/mol. The van der Waals surface area contributed by atoms with Crippen molar-refractivity contribution in [1.82, 2.24) is 10.6 Å². The highest BCUT2D eigenvalue weighted by Crippen LogP contribution is 2.21. The molecule has 3 amide bonds. The van der Waals surface area contributed by atoms with Crippen LogP contribution in [0.4, 0.5) is 10.5 Å². The molecule has 1 aromatic carbocycles. The van der Waals surface area contributed by atoms with E-state index in [-0.39, 0.29) is 30.2 Å². The minimum absolute atomic E-state index is 0.0774. The Morgan fingerprint density at radius 1 is 1.19 bits per heavy atom. The molecule has 21 heavy (non-hydrogen) atoms. The number of methoxy groups -OCH3 is 1. The van der Waals surface area contributed by atoms with Gasteiger partial charge in [-0.05, 0) is 18.2 Å². The van der Waals surface area contributed by atoms with Gasteiger partial charge >= 0.3 is 12.0 Å². The van der Waals surface area contributed by atoms with Gasteiger partial charge in [-0.15, -0.1) is 0 Å². The Kier molecular flexibility index (Phi) is 5.99. The van der Waals surface area contributed by atoms with E-state index in [0.717, 1.165) is 0 Å². The molecule has 0 bridgehead atoms. The van der Waals surface area contributed by atoms with Crippen LogP contribution >= 0.6 is 0 Å². The number of nitrogens with one attached hydrogen (secondary N) is 3. The zero-order chi connectivity index (χ0) is 15.8. The molecule has 0 unspecified atom stereocenters. The van der Waals surface area contributed by atoms with Crippen molar-refractivity contribution in [2.75, 3.05) is 25.5 Å². The number of ether oxygens (including phenoxy) is 1. The molecule has 8 nitrogen and oxygen atoms in total. The SMILES string of the molecule is COc1ccc(NC(=O)NCCNC(C)=O)c(C(=O)O)c1. The highest BCUT2D eigenvalue weighted by Gasteiger charge is 2.13. The number of carbonyl (C=O) groups is 3. The molecule has 0 atom stereocenters. The van der Waals surface area contributed by atoms with E-state index in [2.05, 4.69) is 16.0 Å². The van der Waals surface area contributed by atoms with Crippen LogP contribution in [0.15, 0.2) is 18.2 Å². The third kappa shape index (κ3) is 5.39. The molecule has 8 heteroatoms. The Morgan fingerprint density at radius 3 is 2.43 bits per heavy atom. The molecule has 0 heterocycles. The van der Waals surface area contributed by atoms with Crippen molar-refractivity contribution in [3.63, 3.8) is 0 Å². The first kappa shape index (κ1) is 16.3. The van der Waals surface area contributed by atoms with Gasteiger partial charge in [-0.3, -0.25) is 4.79 Å². The third-order valence-corrected chi connectivity index (χ3v) is 2.49. The number of carboxylic acid groups (broad SMARTS) is 1. The van der Waals surface area contributed by atoms with Gasteiger partial charge in [0.25, 0.3) is 0 Å². The van der Waals surface area contributed by atoms with Crippen LogP contribution in [0, 0.1) is 0 Å². The van der Waals surface area contributed by atoms with E-state index in [4.69, 9.17) is 9.84 Å². The number of hydrogen-bond acceptors (Lipinski definition) is 4. The van der Waals surface area contributed by atoms with Crippen molar-refractivity contribution in [3.05, 3.63) is 23.8 Å². The molecule has 0 saturated carbocycles. The Hall–Kier alpha value is -2.77. The van der Waals surface area contributed by atoms with Crippen LogP contribution in [-0.4, -0.2) is 43.2 Å². The average Bonchev–Trinajstić information content (AvgIpc) is 2.43. The fraction of sp³-hybridized carbons (Fsp3) is 0.308. The van der Waals surface area contributed by atoms with Gasteiger partial charge in [0.05, 0.1) is 18.4 Å². The number of aromatic carboxylic acids is 1. The van der Waals surface area contributed by atoms with Crippen LogP contribution in [0.3, 0.4) is 0 Å². The number of benzene rings is 1. The lowest BCUT2D eigenvalue weighted by atomic mass is 10.1. The first-order chi connectivity index (χ1) is 9.93. The zero-order valence-electron chi connectivity index (χ0n) is 11.7. The minimum atomic E-state index is -1.18. The normalized spacial score (nSPS) is 9.62. The summed E-state index contributed by atoms with van der Waals surface area (Å²) >= 11 is 0. The van der Waals surface area contributed by atoms with Gasteiger partial charge in [-0.2, -0.15) is 0 Å². The Labute approximate surface area is 121 Å². The second-order valence-corrected chi connectivity index (χ2v) is 4.08. The number of rotatable bonds is 6. The van der Waals surface area contributed by atoms with Crippen molar-refractivity contribution < 1.29 is 24.2 Å². The predicted octanol–water partition coefficient (Wildman–Crippen LogP) is 0.651. The number of carboxylic acids is 1. The van der Waals surface area contributed by atoms with Crippen molar-refractivity contribution in [2.24, 2.45) is 0 Å². The smallest absolute Gasteiger partial charge is 0.337 e. The Bertz CT molecular complexity index is 545. The van der Waals surface area contributed by atoms with E-state index in [1.165, 1.54) is 26.2 Å². The van der Waals surface area contributed by atoms with Crippen molar-refractivity contribution in [3.8, 4) is 5.75 Å². The minimum Gasteiger partial charge on any atom is -0.497 e. The molecule has 114 valence electrons. The molecule has 1 rings (SSSR count). The lowest BCUT2D eigenvalue weighted by Gasteiger charge is -2.11. The standard InChI is InChI=1S/C13H17N3O5/c1-8(17)14-5-6-15-13(20)16-11-4-3-9(21-2)7-10(11)12(18)19/h3-4,7H,5-6H2,1-2H3,(H,14,17)(H,18,19)(H2,15,16,20). The molecule has 0 fully saturated rings. The summed E-state index contributed by atoms with van der Waals surface area (Å²) in [6.45, 7) is 1.89. The van der Waals surface area contributed by atoms with E-state index < -0.39 is 12.0 Å². The first-order valence-electron chi connectivity index (χ1n) is 6.14. The Balaban J connectivity index is 2.63. The van der Waals surface area contributed by atoms with Gasteiger partial charge in [0.1, 0.15) is 5.75 Å². The molecule has 0 aliphatic heterocycles. The maximum absolute atomic E-state index is 11.6. The van der Waals surface area contributed by atoms with E-state index in [1.807, 2.05) is 0 Å². The number of urea groups is 1. The maximum Gasteiger partial charge on any atom is 0.337 e. The molecular formula is C13H17N3O5.